The SMILES string of the molecule is CO[C@H]1Cn2c(=O)nc(N3CCNC[C@@H]3C)c3cc(C(F)(F)F)cc(c32)[SH](c2ccc(F)cc2)C1. The van der Waals surface area contributed by atoms with Crippen LogP contribution < -0.4 is 15.9 Å². The van der Waals surface area contributed by atoms with Gasteiger partial charge >= 0.3 is 11.9 Å². The van der Waals surface area contributed by atoms with Crippen LogP contribution in [-0.2, 0) is 17.5 Å². The molecule has 3 aromatic rings. The van der Waals surface area contributed by atoms with Crippen LogP contribution in [0.4, 0.5) is 23.4 Å². The number of thiol groups is 1. The third-order valence-electron chi connectivity index (χ3n) is 6.67. The summed E-state index contributed by atoms with van der Waals surface area (Å²) in [6, 6.07) is 8.03. The van der Waals surface area contributed by atoms with Gasteiger partial charge in [0, 0.05) is 48.8 Å². The maximum Gasteiger partial charge on any atom is 0.416 e. The topological polar surface area (TPSA) is 59.4 Å². The van der Waals surface area contributed by atoms with E-state index in [9.17, 15) is 22.4 Å². The third-order valence-corrected chi connectivity index (χ3v) is 9.28. The van der Waals surface area contributed by atoms with Crippen molar-refractivity contribution in [3.63, 3.8) is 0 Å². The summed E-state index contributed by atoms with van der Waals surface area (Å²) < 4.78 is 63.2. The highest BCUT2D eigenvalue weighted by Gasteiger charge is 2.36. The lowest BCUT2D eigenvalue weighted by Crippen LogP contribution is -2.51. The molecule has 188 valence electrons. The Balaban J connectivity index is 1.86. The van der Waals surface area contributed by atoms with Crippen LogP contribution in [0.15, 0.2) is 51.0 Å². The number of nitrogens with zero attached hydrogens (tertiary/aromatic N) is 3. The Kier molecular flexibility index (Phi) is 6.27. The zero-order valence-electron chi connectivity index (χ0n) is 19.3. The molecule has 6 nitrogen and oxygen atoms in total. The van der Waals surface area contributed by atoms with Gasteiger partial charge in [0.05, 0.1) is 23.7 Å². The summed E-state index contributed by atoms with van der Waals surface area (Å²) in [5, 5.41) is 3.56. The molecule has 3 heterocycles. The Morgan fingerprint density at radius 1 is 1.20 bits per heavy atom. The molecule has 0 bridgehead atoms. The number of halogens is 4. The van der Waals surface area contributed by atoms with Crippen molar-refractivity contribution in [1.29, 1.82) is 0 Å². The Morgan fingerprint density at radius 2 is 1.94 bits per heavy atom. The summed E-state index contributed by atoms with van der Waals surface area (Å²) in [4.78, 5) is 20.7. The number of piperazine rings is 1. The lowest BCUT2D eigenvalue weighted by atomic mass is 10.1. The van der Waals surface area contributed by atoms with E-state index in [1.54, 1.807) is 12.1 Å². The van der Waals surface area contributed by atoms with Crippen LogP contribution in [0.3, 0.4) is 0 Å². The van der Waals surface area contributed by atoms with Crippen LogP contribution in [0.1, 0.15) is 12.5 Å². The predicted molar refractivity (Wildman–Crippen MR) is 128 cm³/mol. The van der Waals surface area contributed by atoms with Crippen molar-refractivity contribution < 1.29 is 22.3 Å². The number of hydrogen-bond donors (Lipinski definition) is 2. The van der Waals surface area contributed by atoms with Gasteiger partial charge in [-0.25, -0.2) is 9.18 Å². The fourth-order valence-electron chi connectivity index (χ4n) is 4.87. The third kappa shape index (κ3) is 4.41. The number of hydrogen-bond acceptors (Lipinski definition) is 5. The average molecular weight is 511 g/mol. The molecular formula is C24H26F4N4O2S. The highest BCUT2D eigenvalue weighted by molar-refractivity contribution is 8.17. The van der Waals surface area contributed by atoms with Crippen molar-refractivity contribution in [3.05, 3.63) is 58.3 Å². The summed E-state index contributed by atoms with van der Waals surface area (Å²) in [6.07, 6.45) is -5.01. The van der Waals surface area contributed by atoms with Gasteiger partial charge in [0.2, 0.25) is 0 Å². The maximum absolute atomic E-state index is 14.1. The van der Waals surface area contributed by atoms with Crippen molar-refractivity contribution in [2.75, 3.05) is 37.4 Å². The molecule has 35 heavy (non-hydrogen) atoms. The van der Waals surface area contributed by atoms with Crippen molar-refractivity contribution in [1.82, 2.24) is 14.9 Å². The Labute approximate surface area is 202 Å². The van der Waals surface area contributed by atoms with E-state index in [0.29, 0.717) is 41.2 Å². The van der Waals surface area contributed by atoms with Crippen LogP contribution in [0, 0.1) is 5.82 Å². The van der Waals surface area contributed by atoms with Crippen molar-refractivity contribution in [2.45, 2.75) is 41.6 Å². The zero-order chi connectivity index (χ0) is 24.9. The number of methoxy groups -OCH3 is 1. The fraction of sp³-hybridized carbons (Fsp3) is 0.417. The van der Waals surface area contributed by atoms with Crippen molar-refractivity contribution in [2.24, 2.45) is 0 Å². The molecule has 0 radical (unpaired) electrons. The number of rotatable bonds is 3. The molecule has 0 aliphatic carbocycles. The van der Waals surface area contributed by atoms with E-state index in [2.05, 4.69) is 10.3 Å². The second-order valence-electron chi connectivity index (χ2n) is 8.91. The smallest absolute Gasteiger partial charge is 0.379 e. The second-order valence-corrected chi connectivity index (χ2v) is 11.1. The van der Waals surface area contributed by atoms with E-state index in [4.69, 9.17) is 4.74 Å². The average Bonchev–Trinajstić information content (AvgIpc) is 2.99. The molecule has 11 heteroatoms. The van der Waals surface area contributed by atoms with Crippen LogP contribution in [0.5, 0.6) is 0 Å². The number of aromatic nitrogens is 2. The number of alkyl halides is 3. The molecule has 0 saturated carbocycles. The minimum atomic E-state index is -4.59. The Morgan fingerprint density at radius 3 is 2.60 bits per heavy atom. The van der Waals surface area contributed by atoms with Crippen LogP contribution >= 0.6 is 10.9 Å². The molecular weight excluding hydrogens is 484 g/mol. The highest BCUT2D eigenvalue weighted by atomic mass is 32.2. The molecule has 3 atom stereocenters. The monoisotopic (exact) mass is 510 g/mol. The predicted octanol–water partition coefficient (Wildman–Crippen LogP) is 3.80. The minimum Gasteiger partial charge on any atom is -0.379 e. The standard InChI is InChI=1S/C24H26F4N4O2S/c1-14-11-29-7-8-31(14)22-19-9-15(24(26,27)28)10-20-21(19)32(23(33)30-22)12-17(34-2)13-35(20)18-5-3-16(25)4-6-18/h3-6,9-10,14,17,29,35H,7-8,11-13H2,1-2H3/t14-,17-/m0/s1. The van der Waals surface area contributed by atoms with Gasteiger partial charge in [-0.3, -0.25) is 4.57 Å². The maximum atomic E-state index is 14.1. The molecule has 2 aliphatic heterocycles. The van der Waals surface area contributed by atoms with Crippen molar-refractivity contribution in [3.8, 4) is 0 Å². The van der Waals surface area contributed by atoms with E-state index >= 15 is 0 Å². The van der Waals surface area contributed by atoms with Gasteiger partial charge < -0.3 is 15.0 Å². The molecule has 0 spiro atoms. The summed E-state index contributed by atoms with van der Waals surface area (Å²) in [6.45, 7) is 3.91. The summed E-state index contributed by atoms with van der Waals surface area (Å²) >= 11 is 0. The quantitative estimate of drug-likeness (QED) is 0.415. The number of nitrogens with one attached hydrogen (secondary N) is 1. The number of ether oxygens (including phenoxy) is 1. The molecule has 1 fully saturated rings. The van der Waals surface area contributed by atoms with Crippen LogP contribution in [-0.4, -0.2) is 54.2 Å². The molecule has 1 unspecified atom stereocenters. The van der Waals surface area contributed by atoms with E-state index in [-0.39, 0.29) is 18.4 Å². The van der Waals surface area contributed by atoms with Gasteiger partial charge in [-0.05, 0) is 48.2 Å². The van der Waals surface area contributed by atoms with Gasteiger partial charge in [0.25, 0.3) is 0 Å². The summed E-state index contributed by atoms with van der Waals surface area (Å²) in [5.74, 6) is 0.244. The molecule has 5 rings (SSSR count). The first kappa shape index (κ1) is 24.1. The lowest BCUT2D eigenvalue weighted by Gasteiger charge is -2.36. The molecule has 2 aliphatic rings. The normalized spacial score (nSPS) is 23.9. The zero-order valence-corrected chi connectivity index (χ0v) is 20.2. The first-order valence-electron chi connectivity index (χ1n) is 11.4. The van der Waals surface area contributed by atoms with E-state index < -0.39 is 40.2 Å². The Bertz CT molecular complexity index is 1310. The molecule has 2 aromatic carbocycles. The minimum absolute atomic E-state index is 0.0526. The van der Waals surface area contributed by atoms with Gasteiger partial charge in [-0.1, -0.05) is 0 Å². The lowest BCUT2D eigenvalue weighted by molar-refractivity contribution is -0.137. The number of anilines is 1. The fourth-order valence-corrected chi connectivity index (χ4v) is 7.53. The molecule has 1 aromatic heterocycles. The van der Waals surface area contributed by atoms with E-state index in [1.807, 2.05) is 11.8 Å². The van der Waals surface area contributed by atoms with E-state index in [0.717, 1.165) is 17.0 Å². The van der Waals surface area contributed by atoms with Crippen LogP contribution in [0.25, 0.3) is 10.9 Å². The Hall–Kier alpha value is -2.63. The first-order chi connectivity index (χ1) is 16.7. The van der Waals surface area contributed by atoms with Gasteiger partial charge in [0.1, 0.15) is 11.6 Å². The van der Waals surface area contributed by atoms with Crippen LogP contribution in [0.2, 0.25) is 0 Å². The summed E-state index contributed by atoms with van der Waals surface area (Å²) in [7, 11) is 0.137. The number of benzene rings is 2. The van der Waals surface area contributed by atoms with Gasteiger partial charge in [-0.2, -0.15) is 29.1 Å². The van der Waals surface area contributed by atoms with Crippen molar-refractivity contribution >= 4 is 27.6 Å². The second kappa shape index (κ2) is 9.11. The molecule has 1 N–H and O–H groups in total. The van der Waals surface area contributed by atoms with Gasteiger partial charge in [-0.15, -0.1) is 0 Å². The first-order valence-corrected chi connectivity index (χ1v) is 12.9. The summed E-state index contributed by atoms with van der Waals surface area (Å²) in [5.41, 5.74) is -0.854. The van der Waals surface area contributed by atoms with E-state index in [1.165, 1.54) is 23.8 Å². The van der Waals surface area contributed by atoms with Gasteiger partial charge in [0.15, 0.2) is 0 Å². The molecule has 0 amide bonds. The molecule has 1 saturated heterocycles. The highest BCUT2D eigenvalue weighted by Crippen LogP contribution is 2.52. The largest absolute Gasteiger partial charge is 0.416 e.